The number of thiocarbonyl (C=S) groups is 1. The molecule has 142 valence electrons. The number of aliphatic carboxylic acids is 1. The molecule has 0 bridgehead atoms. The van der Waals surface area contributed by atoms with Crippen LogP contribution in [0.1, 0.15) is 24.8 Å². The molecule has 0 unspecified atom stereocenters. The number of hydrogen-bond acceptors (Lipinski definition) is 5. The van der Waals surface area contributed by atoms with Crippen LogP contribution in [0.15, 0.2) is 47.4 Å². The van der Waals surface area contributed by atoms with E-state index >= 15 is 0 Å². The molecule has 0 radical (unpaired) electrons. The molecule has 0 atom stereocenters. The summed E-state index contributed by atoms with van der Waals surface area (Å²) in [5.41, 5.74) is 1.03. The van der Waals surface area contributed by atoms with Crippen LogP contribution < -0.4 is 5.32 Å². The summed E-state index contributed by atoms with van der Waals surface area (Å²) >= 11 is 6.45. The number of nitrogens with zero attached hydrogens (tertiary/aromatic N) is 1. The standard InChI is InChI=1S/C19H20N2O4S2/c22-16(20-12-5-10-17(23)24)11-13-21-18(25)15(27-19(21)26)9-4-8-14-6-2-1-3-7-14/h1-4,6-9H,5,10-13H2,(H,20,22)(H,23,24)/b8-4+,15-9-. The SMILES string of the molecule is O=C(O)CCCNC(=O)CCN1C(=O)/C(=C/C=C/c2ccccc2)SC1=S. The molecule has 1 aromatic carbocycles. The summed E-state index contributed by atoms with van der Waals surface area (Å²) in [6.45, 7) is 0.503. The number of thioether (sulfide) groups is 1. The third kappa shape index (κ3) is 6.99. The van der Waals surface area contributed by atoms with Gasteiger partial charge < -0.3 is 10.4 Å². The molecule has 1 fully saturated rings. The zero-order chi connectivity index (χ0) is 19.6. The van der Waals surface area contributed by atoms with Gasteiger partial charge in [-0.2, -0.15) is 0 Å². The van der Waals surface area contributed by atoms with Gasteiger partial charge in [0, 0.05) is 25.9 Å². The summed E-state index contributed by atoms with van der Waals surface area (Å²) < 4.78 is 0.429. The number of carbonyl (C=O) groups is 3. The molecule has 8 heteroatoms. The number of rotatable bonds is 9. The van der Waals surface area contributed by atoms with Gasteiger partial charge in [-0.05, 0) is 18.1 Å². The van der Waals surface area contributed by atoms with Gasteiger partial charge in [0.25, 0.3) is 5.91 Å². The second-order valence-electron chi connectivity index (χ2n) is 5.72. The average molecular weight is 405 g/mol. The van der Waals surface area contributed by atoms with Crippen molar-refractivity contribution in [3.8, 4) is 0 Å². The van der Waals surface area contributed by atoms with Gasteiger partial charge in [0.15, 0.2) is 0 Å². The molecule has 1 saturated heterocycles. The number of carboxylic acids is 1. The van der Waals surface area contributed by atoms with E-state index in [2.05, 4.69) is 5.32 Å². The third-order valence-corrected chi connectivity index (χ3v) is 5.06. The minimum Gasteiger partial charge on any atom is -0.481 e. The van der Waals surface area contributed by atoms with Crippen molar-refractivity contribution >= 4 is 52.2 Å². The lowest BCUT2D eigenvalue weighted by Gasteiger charge is -2.14. The molecule has 2 N–H and O–H groups in total. The van der Waals surface area contributed by atoms with E-state index in [1.165, 1.54) is 16.7 Å². The zero-order valence-corrected chi connectivity index (χ0v) is 16.2. The Hall–Kier alpha value is -2.45. The van der Waals surface area contributed by atoms with Crippen LogP contribution in [-0.2, 0) is 14.4 Å². The van der Waals surface area contributed by atoms with E-state index in [-0.39, 0.29) is 31.2 Å². The lowest BCUT2D eigenvalue weighted by Crippen LogP contribution is -2.33. The lowest BCUT2D eigenvalue weighted by molar-refractivity contribution is -0.137. The van der Waals surface area contributed by atoms with E-state index in [9.17, 15) is 14.4 Å². The maximum atomic E-state index is 12.4. The summed E-state index contributed by atoms with van der Waals surface area (Å²) in [6.07, 6.45) is 5.92. The molecule has 2 amide bonds. The monoisotopic (exact) mass is 404 g/mol. The van der Waals surface area contributed by atoms with Crippen LogP contribution >= 0.6 is 24.0 Å². The molecule has 0 saturated carbocycles. The first kappa shape index (κ1) is 20.9. The number of carboxylic acid groups (broad SMARTS) is 1. The molecule has 2 rings (SSSR count). The fourth-order valence-electron chi connectivity index (χ4n) is 2.29. The number of nitrogens with one attached hydrogen (secondary N) is 1. The number of hydrogen-bond donors (Lipinski definition) is 2. The number of amides is 2. The highest BCUT2D eigenvalue weighted by Crippen LogP contribution is 2.31. The van der Waals surface area contributed by atoms with E-state index < -0.39 is 5.97 Å². The van der Waals surface area contributed by atoms with Gasteiger partial charge in [0.1, 0.15) is 4.32 Å². The van der Waals surface area contributed by atoms with Crippen molar-refractivity contribution in [3.63, 3.8) is 0 Å². The van der Waals surface area contributed by atoms with Gasteiger partial charge >= 0.3 is 5.97 Å². The van der Waals surface area contributed by atoms with Gasteiger partial charge in [-0.15, -0.1) is 0 Å². The molecule has 1 aromatic rings. The fourth-order valence-corrected chi connectivity index (χ4v) is 3.55. The van der Waals surface area contributed by atoms with Gasteiger partial charge in [0.05, 0.1) is 4.91 Å². The number of carbonyl (C=O) groups excluding carboxylic acids is 2. The van der Waals surface area contributed by atoms with E-state index in [1.54, 1.807) is 12.2 Å². The Morgan fingerprint density at radius 2 is 1.96 bits per heavy atom. The van der Waals surface area contributed by atoms with Gasteiger partial charge in [-0.1, -0.05) is 66.5 Å². The molecule has 0 spiro atoms. The molecule has 0 aromatic heterocycles. The fraction of sp³-hybridized carbons (Fsp3) is 0.263. The van der Waals surface area contributed by atoms with Crippen molar-refractivity contribution in [2.75, 3.05) is 13.1 Å². The maximum Gasteiger partial charge on any atom is 0.303 e. The van der Waals surface area contributed by atoms with Gasteiger partial charge in [0.2, 0.25) is 5.91 Å². The summed E-state index contributed by atoms with van der Waals surface area (Å²) in [5, 5.41) is 11.2. The molecule has 0 aliphatic carbocycles. The van der Waals surface area contributed by atoms with Crippen LogP contribution in [0, 0.1) is 0 Å². The smallest absolute Gasteiger partial charge is 0.303 e. The topological polar surface area (TPSA) is 86.7 Å². The normalized spacial score (nSPS) is 15.7. The predicted molar refractivity (Wildman–Crippen MR) is 110 cm³/mol. The number of allylic oxidation sites excluding steroid dienone is 2. The van der Waals surface area contributed by atoms with Crippen LogP contribution in [0.25, 0.3) is 6.08 Å². The Labute approximate surface area is 167 Å². The number of benzene rings is 1. The van der Waals surface area contributed by atoms with Crippen molar-refractivity contribution in [3.05, 3.63) is 53.0 Å². The Balaban J connectivity index is 1.81. The lowest BCUT2D eigenvalue weighted by atomic mass is 10.2. The molecule has 1 heterocycles. The summed E-state index contributed by atoms with van der Waals surface area (Å²) in [7, 11) is 0. The Bertz CT molecular complexity index is 775. The van der Waals surface area contributed by atoms with Gasteiger partial charge in [-0.25, -0.2) is 0 Å². The third-order valence-electron chi connectivity index (χ3n) is 3.66. The van der Waals surface area contributed by atoms with E-state index in [0.29, 0.717) is 22.2 Å². The van der Waals surface area contributed by atoms with Crippen molar-refractivity contribution in [2.45, 2.75) is 19.3 Å². The Kier molecular flexibility index (Phi) is 8.22. The highest BCUT2D eigenvalue weighted by atomic mass is 32.2. The van der Waals surface area contributed by atoms with E-state index in [1.807, 2.05) is 36.4 Å². The molecule has 6 nitrogen and oxygen atoms in total. The summed E-state index contributed by atoms with van der Waals surface area (Å²) in [6, 6.07) is 9.73. The first-order valence-corrected chi connectivity index (χ1v) is 9.65. The van der Waals surface area contributed by atoms with E-state index in [0.717, 1.165) is 5.56 Å². The molecular weight excluding hydrogens is 384 g/mol. The second-order valence-corrected chi connectivity index (χ2v) is 7.40. The highest BCUT2D eigenvalue weighted by Gasteiger charge is 2.31. The molecule has 1 aliphatic heterocycles. The minimum atomic E-state index is -0.894. The van der Waals surface area contributed by atoms with Crippen molar-refractivity contribution in [1.82, 2.24) is 10.2 Å². The van der Waals surface area contributed by atoms with Crippen molar-refractivity contribution < 1.29 is 19.5 Å². The molecule has 1 aliphatic rings. The Morgan fingerprint density at radius 3 is 2.67 bits per heavy atom. The zero-order valence-electron chi connectivity index (χ0n) is 14.6. The predicted octanol–water partition coefficient (Wildman–Crippen LogP) is 2.82. The van der Waals surface area contributed by atoms with Crippen molar-refractivity contribution in [2.24, 2.45) is 0 Å². The van der Waals surface area contributed by atoms with Crippen LogP contribution in [-0.4, -0.2) is 45.2 Å². The molecule has 27 heavy (non-hydrogen) atoms. The average Bonchev–Trinajstić information content (AvgIpc) is 2.91. The summed E-state index contributed by atoms with van der Waals surface area (Å²) in [4.78, 5) is 36.6. The minimum absolute atomic E-state index is 0.0102. The Morgan fingerprint density at radius 1 is 1.22 bits per heavy atom. The quantitative estimate of drug-likeness (QED) is 0.374. The van der Waals surface area contributed by atoms with Crippen molar-refractivity contribution in [1.29, 1.82) is 0 Å². The molecular formula is C19H20N2O4S2. The van der Waals surface area contributed by atoms with Crippen LogP contribution in [0.2, 0.25) is 0 Å². The van der Waals surface area contributed by atoms with Crippen LogP contribution in [0.4, 0.5) is 0 Å². The maximum absolute atomic E-state index is 12.4. The second kappa shape index (κ2) is 10.6. The van der Waals surface area contributed by atoms with Crippen LogP contribution in [0.3, 0.4) is 0 Å². The van der Waals surface area contributed by atoms with Gasteiger partial charge in [-0.3, -0.25) is 19.3 Å². The largest absolute Gasteiger partial charge is 0.481 e. The first-order valence-electron chi connectivity index (χ1n) is 8.43. The highest BCUT2D eigenvalue weighted by molar-refractivity contribution is 8.26. The summed E-state index contributed by atoms with van der Waals surface area (Å²) in [5.74, 6) is -1.33. The van der Waals surface area contributed by atoms with Crippen LogP contribution in [0.5, 0.6) is 0 Å². The first-order chi connectivity index (χ1) is 13.0. The van der Waals surface area contributed by atoms with E-state index in [4.69, 9.17) is 17.3 Å².